The van der Waals surface area contributed by atoms with Crippen LogP contribution in [0.4, 0.5) is 0 Å². The Balaban J connectivity index is 1.47. The summed E-state index contributed by atoms with van der Waals surface area (Å²) >= 11 is 0. The summed E-state index contributed by atoms with van der Waals surface area (Å²) in [6.45, 7) is 4.61. The second-order valence-corrected chi connectivity index (χ2v) is 8.67. The highest BCUT2D eigenvalue weighted by molar-refractivity contribution is 5.94. The van der Waals surface area contributed by atoms with Crippen molar-refractivity contribution in [3.05, 3.63) is 78.1 Å². The topological polar surface area (TPSA) is 83.2 Å². The Morgan fingerprint density at radius 2 is 1.88 bits per heavy atom. The van der Waals surface area contributed by atoms with Crippen LogP contribution in [-0.4, -0.2) is 58.6 Å². The van der Waals surface area contributed by atoms with Crippen LogP contribution in [-0.2, 0) is 11.3 Å². The Labute approximate surface area is 201 Å². The van der Waals surface area contributed by atoms with E-state index in [4.69, 9.17) is 15.6 Å². The molecule has 34 heavy (non-hydrogen) atoms. The number of amides is 1. The van der Waals surface area contributed by atoms with E-state index in [0.29, 0.717) is 36.5 Å². The van der Waals surface area contributed by atoms with E-state index < -0.39 is 12.5 Å². The van der Waals surface area contributed by atoms with Gasteiger partial charge in [-0.3, -0.25) is 14.5 Å². The number of ether oxygens (including phenoxy) is 1. The number of hydrogen-bond donors (Lipinski definition) is 1. The molecule has 1 N–H and O–H groups in total. The number of furan rings is 1. The lowest BCUT2D eigenvalue weighted by Gasteiger charge is -2.39. The largest absolute Gasteiger partial charge is 0.487 e. The lowest BCUT2D eigenvalue weighted by atomic mass is 10.1. The molecule has 7 nitrogen and oxygen atoms in total. The number of para-hydroxylation sites is 1. The van der Waals surface area contributed by atoms with Gasteiger partial charge in [0.05, 0.1) is 14.1 Å². The predicted molar refractivity (Wildman–Crippen MR) is 129 cm³/mol. The van der Waals surface area contributed by atoms with Crippen LogP contribution in [0.2, 0.25) is 0 Å². The van der Waals surface area contributed by atoms with Gasteiger partial charge >= 0.3 is 5.97 Å². The Kier molecular flexibility index (Phi) is 6.91. The normalized spacial score (nSPS) is 15.4. The van der Waals surface area contributed by atoms with Gasteiger partial charge in [0.2, 0.25) is 0 Å². The first-order valence-corrected chi connectivity index (χ1v) is 11.4. The first kappa shape index (κ1) is 22.2. The third-order valence-corrected chi connectivity index (χ3v) is 5.78. The zero-order valence-electron chi connectivity index (χ0n) is 20.4. The number of rotatable bonds is 10. The van der Waals surface area contributed by atoms with Crippen LogP contribution in [0.1, 0.15) is 37.6 Å². The Hall–Kier alpha value is -3.58. The molecule has 0 spiro atoms. The molecular weight excluding hydrogens is 432 g/mol. The maximum Gasteiger partial charge on any atom is 0.304 e. The van der Waals surface area contributed by atoms with E-state index in [1.807, 2.05) is 67.3 Å². The molecule has 1 saturated heterocycles. The maximum atomic E-state index is 13.5. The molecule has 0 bridgehead atoms. The Bertz CT molecular complexity index is 1140. The van der Waals surface area contributed by atoms with Crippen molar-refractivity contribution in [3.63, 3.8) is 0 Å². The zero-order valence-corrected chi connectivity index (χ0v) is 19.4. The summed E-state index contributed by atoms with van der Waals surface area (Å²) in [7, 11) is 0. The molecule has 1 aliphatic rings. The standard InChI is InChI=1S/C27H30N2O5/c1-19(2)29(27(32)21-11-9-20(10-12-21)24-8-5-15-33-24)16-22-6-3-4-7-25(22)34-23-17-28(18-23)14-13-26(30)31/h3-12,15,19,23H,13-14,16-18H2,1-2H3,(H,30,31)/i16D. The quantitative estimate of drug-likeness (QED) is 0.476. The summed E-state index contributed by atoms with van der Waals surface area (Å²) in [5, 5.41) is 8.85. The monoisotopic (exact) mass is 463 g/mol. The molecule has 1 amide bonds. The molecule has 1 fully saturated rings. The molecule has 1 atom stereocenters. The van der Waals surface area contributed by atoms with Crippen molar-refractivity contribution in [1.29, 1.82) is 0 Å². The molecule has 7 heteroatoms. The number of carboxylic acids is 1. The first-order valence-electron chi connectivity index (χ1n) is 12.0. The van der Waals surface area contributed by atoms with Gasteiger partial charge < -0.3 is 19.2 Å². The minimum atomic E-state index is -0.952. The molecule has 4 rings (SSSR count). The molecule has 2 heterocycles. The molecule has 3 aromatic rings. The van der Waals surface area contributed by atoms with E-state index in [9.17, 15) is 9.59 Å². The minimum absolute atomic E-state index is 0.0745. The highest BCUT2D eigenvalue weighted by atomic mass is 16.5. The molecule has 1 aromatic heterocycles. The minimum Gasteiger partial charge on any atom is -0.487 e. The molecule has 2 aromatic carbocycles. The molecule has 0 aliphatic carbocycles. The van der Waals surface area contributed by atoms with Gasteiger partial charge in [-0.15, -0.1) is 0 Å². The SMILES string of the molecule is [2H]C(c1ccccc1OC1CN(CCC(=O)O)C1)N(C(=O)c1ccc(-c2ccco2)cc1)C(C)C. The summed E-state index contributed by atoms with van der Waals surface area (Å²) in [5.74, 6) is 0.254. The molecular formula is C27H30N2O5. The highest BCUT2D eigenvalue weighted by Gasteiger charge is 2.29. The van der Waals surface area contributed by atoms with E-state index in [0.717, 1.165) is 11.3 Å². The van der Waals surface area contributed by atoms with Crippen molar-refractivity contribution in [1.82, 2.24) is 9.80 Å². The Morgan fingerprint density at radius 1 is 1.15 bits per heavy atom. The van der Waals surface area contributed by atoms with E-state index in [1.165, 1.54) is 0 Å². The third-order valence-electron chi connectivity index (χ3n) is 5.78. The fourth-order valence-electron chi connectivity index (χ4n) is 3.87. The summed E-state index contributed by atoms with van der Waals surface area (Å²) in [5.41, 5.74) is 1.99. The van der Waals surface area contributed by atoms with Gasteiger partial charge in [0.25, 0.3) is 5.91 Å². The van der Waals surface area contributed by atoms with Gasteiger partial charge in [0.1, 0.15) is 17.6 Å². The van der Waals surface area contributed by atoms with Gasteiger partial charge in [0, 0.05) is 48.9 Å². The number of hydrogen-bond acceptors (Lipinski definition) is 5. The Morgan fingerprint density at radius 3 is 2.53 bits per heavy atom. The van der Waals surface area contributed by atoms with Crippen molar-refractivity contribution < 1.29 is 25.2 Å². The van der Waals surface area contributed by atoms with E-state index >= 15 is 0 Å². The predicted octanol–water partition coefficient (Wildman–Crippen LogP) is 4.54. The number of carbonyl (C=O) groups is 2. The second kappa shape index (κ2) is 10.6. The van der Waals surface area contributed by atoms with Gasteiger partial charge in [-0.1, -0.05) is 30.3 Å². The van der Waals surface area contributed by atoms with Gasteiger partial charge in [-0.05, 0) is 44.2 Å². The number of likely N-dealkylation sites (tertiary alicyclic amines) is 1. The van der Waals surface area contributed by atoms with Crippen LogP contribution in [0, 0.1) is 0 Å². The van der Waals surface area contributed by atoms with E-state index in [2.05, 4.69) is 0 Å². The lowest BCUT2D eigenvalue weighted by molar-refractivity contribution is -0.138. The van der Waals surface area contributed by atoms with Gasteiger partial charge in [-0.2, -0.15) is 0 Å². The maximum absolute atomic E-state index is 13.5. The molecule has 0 saturated carbocycles. The average molecular weight is 464 g/mol. The van der Waals surface area contributed by atoms with Crippen LogP contribution in [0.15, 0.2) is 71.3 Å². The van der Waals surface area contributed by atoms with Crippen molar-refractivity contribution in [3.8, 4) is 17.1 Å². The van der Waals surface area contributed by atoms with Gasteiger partial charge in [-0.25, -0.2) is 0 Å². The number of aliphatic carboxylic acids is 1. The van der Waals surface area contributed by atoms with E-state index in [-0.39, 0.29) is 24.5 Å². The van der Waals surface area contributed by atoms with Crippen LogP contribution < -0.4 is 4.74 Å². The number of carboxylic acid groups (broad SMARTS) is 1. The van der Waals surface area contributed by atoms with Gasteiger partial charge in [0.15, 0.2) is 0 Å². The third kappa shape index (κ3) is 5.66. The number of benzene rings is 2. The van der Waals surface area contributed by atoms with Crippen LogP contribution in [0.25, 0.3) is 11.3 Å². The van der Waals surface area contributed by atoms with Crippen LogP contribution >= 0.6 is 0 Å². The summed E-state index contributed by atoms with van der Waals surface area (Å²) in [4.78, 5) is 27.8. The lowest BCUT2D eigenvalue weighted by Crippen LogP contribution is -2.54. The van der Waals surface area contributed by atoms with Crippen molar-refractivity contribution in [2.75, 3.05) is 19.6 Å². The fraction of sp³-hybridized carbons (Fsp3) is 0.333. The molecule has 0 radical (unpaired) electrons. The highest BCUT2D eigenvalue weighted by Crippen LogP contribution is 2.26. The van der Waals surface area contributed by atoms with Crippen LogP contribution in [0.3, 0.4) is 0 Å². The van der Waals surface area contributed by atoms with Crippen molar-refractivity contribution in [2.24, 2.45) is 0 Å². The fourth-order valence-corrected chi connectivity index (χ4v) is 3.87. The summed E-state index contributed by atoms with van der Waals surface area (Å²) < 4.78 is 20.6. The summed E-state index contributed by atoms with van der Waals surface area (Å²) in [6, 6.07) is 18.0. The summed E-state index contributed by atoms with van der Waals surface area (Å²) in [6.07, 6.45) is 1.64. The van der Waals surface area contributed by atoms with E-state index in [1.54, 1.807) is 23.3 Å². The zero-order chi connectivity index (χ0) is 24.9. The molecule has 1 aliphatic heterocycles. The number of nitrogens with zero attached hydrogens (tertiary/aromatic N) is 2. The molecule has 1 unspecified atom stereocenters. The average Bonchev–Trinajstić information content (AvgIpc) is 3.35. The number of carbonyl (C=O) groups excluding carboxylic acids is 1. The van der Waals surface area contributed by atoms with Crippen molar-refractivity contribution in [2.45, 2.75) is 38.9 Å². The smallest absolute Gasteiger partial charge is 0.304 e. The molecule has 178 valence electrons. The van der Waals surface area contributed by atoms with Crippen LogP contribution in [0.5, 0.6) is 5.75 Å². The first-order chi connectivity index (χ1) is 16.8. The second-order valence-electron chi connectivity index (χ2n) is 8.67. The van der Waals surface area contributed by atoms with Crippen molar-refractivity contribution >= 4 is 11.9 Å².